The number of nitro benzene ring substituents is 1. The Morgan fingerprint density at radius 3 is 2.09 bits per heavy atom. The monoisotopic (exact) mass is 350 g/mol. The zero-order valence-electron chi connectivity index (χ0n) is 11.5. The van der Waals surface area contributed by atoms with Crippen molar-refractivity contribution in [3.63, 3.8) is 0 Å². The lowest BCUT2D eigenvalue weighted by Crippen LogP contribution is -2.29. The van der Waals surface area contributed by atoms with Gasteiger partial charge in [-0.2, -0.15) is 0 Å². The van der Waals surface area contributed by atoms with Gasteiger partial charge in [0.1, 0.15) is 0 Å². The molecule has 0 unspecified atom stereocenters. The summed E-state index contributed by atoms with van der Waals surface area (Å²) in [6.07, 6.45) is 0. The van der Waals surface area contributed by atoms with Crippen LogP contribution in [-0.2, 0) is 6.54 Å². The first-order chi connectivity index (χ1) is 10.9. The average molecular weight is 351 g/mol. The molecule has 8 heteroatoms. The molecule has 2 amide bonds. The number of nitro groups is 1. The summed E-state index contributed by atoms with van der Waals surface area (Å²) in [4.78, 5) is 36.1. The Labute approximate surface area is 140 Å². The topological polar surface area (TPSA) is 80.5 Å². The second kappa shape index (κ2) is 5.64. The quantitative estimate of drug-likeness (QED) is 0.480. The summed E-state index contributed by atoms with van der Waals surface area (Å²) >= 11 is 11.9. The van der Waals surface area contributed by atoms with Crippen LogP contribution in [0.15, 0.2) is 36.4 Å². The van der Waals surface area contributed by atoms with Crippen LogP contribution in [-0.4, -0.2) is 21.6 Å². The number of imide groups is 1. The number of carbonyl (C=O) groups is 2. The van der Waals surface area contributed by atoms with Crippen LogP contribution in [0.5, 0.6) is 0 Å². The predicted octanol–water partition coefficient (Wildman–Crippen LogP) is 3.70. The molecular formula is C15H8Cl2N2O4. The van der Waals surface area contributed by atoms with Gasteiger partial charge in [0.25, 0.3) is 17.5 Å². The van der Waals surface area contributed by atoms with E-state index in [4.69, 9.17) is 23.2 Å². The SMILES string of the molecule is O=C1c2ccccc2C(=O)N1Cc1c([N+](=O)[O-])ccc(Cl)c1Cl. The van der Waals surface area contributed by atoms with E-state index >= 15 is 0 Å². The zero-order chi connectivity index (χ0) is 16.7. The van der Waals surface area contributed by atoms with Crippen molar-refractivity contribution in [3.05, 3.63) is 73.2 Å². The second-order valence-electron chi connectivity index (χ2n) is 4.86. The van der Waals surface area contributed by atoms with E-state index in [1.165, 1.54) is 24.3 Å². The van der Waals surface area contributed by atoms with Gasteiger partial charge in [-0.3, -0.25) is 24.6 Å². The molecule has 116 valence electrons. The molecule has 3 rings (SSSR count). The Morgan fingerprint density at radius 2 is 1.57 bits per heavy atom. The fourth-order valence-electron chi connectivity index (χ4n) is 2.44. The maximum absolute atomic E-state index is 12.3. The van der Waals surface area contributed by atoms with Crippen LogP contribution in [0.1, 0.15) is 26.3 Å². The molecule has 0 atom stereocenters. The summed E-state index contributed by atoms with van der Waals surface area (Å²) in [6.45, 7) is -0.317. The molecule has 0 bridgehead atoms. The number of hydrogen-bond donors (Lipinski definition) is 0. The Balaban J connectivity index is 2.05. The molecule has 23 heavy (non-hydrogen) atoms. The largest absolute Gasteiger partial charge is 0.276 e. The lowest BCUT2D eigenvalue weighted by atomic mass is 10.1. The van der Waals surface area contributed by atoms with E-state index in [0.717, 1.165) is 4.90 Å². The molecule has 0 saturated heterocycles. The normalized spacial score (nSPS) is 13.4. The first kappa shape index (κ1) is 15.5. The molecule has 0 saturated carbocycles. The third-order valence-electron chi connectivity index (χ3n) is 3.56. The number of carbonyl (C=O) groups excluding carboxylic acids is 2. The van der Waals surface area contributed by atoms with Crippen molar-refractivity contribution in [1.29, 1.82) is 0 Å². The summed E-state index contributed by atoms with van der Waals surface area (Å²) in [5.41, 5.74) is 0.256. The molecule has 0 radical (unpaired) electrons. The molecule has 0 aliphatic carbocycles. The number of nitrogens with zero attached hydrogens (tertiary/aromatic N) is 2. The highest BCUT2D eigenvalue weighted by Crippen LogP contribution is 2.35. The molecule has 0 aromatic heterocycles. The first-order valence-corrected chi connectivity index (χ1v) is 7.24. The van der Waals surface area contributed by atoms with Gasteiger partial charge in [-0.1, -0.05) is 35.3 Å². The van der Waals surface area contributed by atoms with Crippen LogP contribution in [0.2, 0.25) is 10.0 Å². The van der Waals surface area contributed by atoms with Crippen molar-refractivity contribution in [1.82, 2.24) is 4.90 Å². The Bertz CT molecular complexity index is 832. The Hall–Kier alpha value is -2.44. The lowest BCUT2D eigenvalue weighted by molar-refractivity contribution is -0.385. The Kier molecular flexibility index (Phi) is 3.79. The minimum absolute atomic E-state index is 0.0265. The number of hydrogen-bond acceptors (Lipinski definition) is 4. The van der Waals surface area contributed by atoms with Gasteiger partial charge in [0, 0.05) is 6.07 Å². The summed E-state index contributed by atoms with van der Waals surface area (Å²) in [7, 11) is 0. The van der Waals surface area contributed by atoms with Crippen LogP contribution >= 0.6 is 23.2 Å². The van der Waals surface area contributed by atoms with E-state index in [1.54, 1.807) is 12.1 Å². The van der Waals surface area contributed by atoms with E-state index in [0.29, 0.717) is 0 Å². The summed E-state index contributed by atoms with van der Waals surface area (Å²) in [5.74, 6) is -1.04. The molecule has 1 aliphatic heterocycles. The highest BCUT2D eigenvalue weighted by atomic mass is 35.5. The van der Waals surface area contributed by atoms with Gasteiger partial charge in [0.15, 0.2) is 0 Å². The maximum atomic E-state index is 12.3. The third kappa shape index (κ3) is 2.46. The van der Waals surface area contributed by atoms with E-state index < -0.39 is 16.7 Å². The van der Waals surface area contributed by atoms with Crippen LogP contribution in [0, 0.1) is 10.1 Å². The molecular weight excluding hydrogens is 343 g/mol. The van der Waals surface area contributed by atoms with Crippen LogP contribution in [0.4, 0.5) is 5.69 Å². The maximum Gasteiger partial charge on any atom is 0.276 e. The minimum atomic E-state index is -0.629. The summed E-state index contributed by atoms with van der Waals surface area (Å²) in [5, 5.41) is 11.2. The van der Waals surface area contributed by atoms with Crippen molar-refractivity contribution >= 4 is 40.7 Å². The van der Waals surface area contributed by atoms with Crippen molar-refractivity contribution in [2.24, 2.45) is 0 Å². The van der Waals surface area contributed by atoms with Gasteiger partial charge in [-0.05, 0) is 18.2 Å². The molecule has 1 aliphatic rings. The van der Waals surface area contributed by atoms with Gasteiger partial charge in [-0.25, -0.2) is 0 Å². The smallest absolute Gasteiger partial charge is 0.270 e. The van der Waals surface area contributed by atoms with E-state index in [-0.39, 0.29) is 39.0 Å². The number of halogens is 2. The Morgan fingerprint density at radius 1 is 1.00 bits per heavy atom. The molecule has 0 N–H and O–H groups in total. The number of rotatable bonds is 3. The van der Waals surface area contributed by atoms with Crippen molar-refractivity contribution in [2.75, 3.05) is 0 Å². The fourth-order valence-corrected chi connectivity index (χ4v) is 2.84. The molecule has 0 spiro atoms. The molecule has 0 fully saturated rings. The second-order valence-corrected chi connectivity index (χ2v) is 5.64. The molecule has 2 aromatic rings. The van der Waals surface area contributed by atoms with Gasteiger partial charge >= 0.3 is 0 Å². The molecule has 1 heterocycles. The lowest BCUT2D eigenvalue weighted by Gasteiger charge is -2.15. The van der Waals surface area contributed by atoms with Crippen molar-refractivity contribution in [3.8, 4) is 0 Å². The average Bonchev–Trinajstić information content (AvgIpc) is 2.77. The highest BCUT2D eigenvalue weighted by Gasteiger charge is 2.37. The molecule has 6 nitrogen and oxygen atoms in total. The van der Waals surface area contributed by atoms with Crippen molar-refractivity contribution < 1.29 is 14.5 Å². The number of amides is 2. The number of benzene rings is 2. The van der Waals surface area contributed by atoms with E-state index in [2.05, 4.69) is 0 Å². The first-order valence-electron chi connectivity index (χ1n) is 6.48. The zero-order valence-corrected chi connectivity index (χ0v) is 13.0. The predicted molar refractivity (Wildman–Crippen MR) is 83.8 cm³/mol. The van der Waals surface area contributed by atoms with Gasteiger partial charge in [0.2, 0.25) is 0 Å². The van der Waals surface area contributed by atoms with Crippen LogP contribution < -0.4 is 0 Å². The van der Waals surface area contributed by atoms with E-state index in [9.17, 15) is 19.7 Å². The molecule has 2 aromatic carbocycles. The van der Waals surface area contributed by atoms with Gasteiger partial charge in [-0.15, -0.1) is 0 Å². The summed E-state index contributed by atoms with van der Waals surface area (Å²) < 4.78 is 0. The van der Waals surface area contributed by atoms with Gasteiger partial charge < -0.3 is 0 Å². The van der Waals surface area contributed by atoms with E-state index in [1.807, 2.05) is 0 Å². The fraction of sp³-hybridized carbons (Fsp3) is 0.0667. The summed E-state index contributed by atoms with van der Waals surface area (Å²) in [6, 6.07) is 8.84. The van der Waals surface area contributed by atoms with Crippen LogP contribution in [0.3, 0.4) is 0 Å². The third-order valence-corrected chi connectivity index (χ3v) is 4.41. The van der Waals surface area contributed by atoms with Gasteiger partial charge in [0.05, 0.1) is 38.2 Å². The number of fused-ring (bicyclic) bond motifs is 1. The van der Waals surface area contributed by atoms with Crippen molar-refractivity contribution in [2.45, 2.75) is 6.54 Å². The van der Waals surface area contributed by atoms with Crippen LogP contribution in [0.25, 0.3) is 0 Å². The highest BCUT2D eigenvalue weighted by molar-refractivity contribution is 6.42. The minimum Gasteiger partial charge on any atom is -0.270 e. The standard InChI is InChI=1S/C15H8Cl2N2O4/c16-11-5-6-12(19(22)23)10(13(11)17)7-18-14(20)8-3-1-2-4-9(8)15(18)21/h1-6H,7H2.